The van der Waals surface area contributed by atoms with Crippen LogP contribution < -0.4 is 16.2 Å². The molecule has 28 heavy (non-hydrogen) atoms. The van der Waals surface area contributed by atoms with Crippen molar-refractivity contribution in [3.05, 3.63) is 45.7 Å². The van der Waals surface area contributed by atoms with E-state index in [2.05, 4.69) is 25.6 Å². The van der Waals surface area contributed by atoms with E-state index in [-0.39, 0.29) is 40.3 Å². The lowest BCUT2D eigenvalue weighted by Crippen LogP contribution is -2.48. The topological polar surface area (TPSA) is 105 Å². The van der Waals surface area contributed by atoms with Crippen LogP contribution in [0.4, 0.5) is 11.5 Å². The van der Waals surface area contributed by atoms with Gasteiger partial charge in [-0.2, -0.15) is 0 Å². The van der Waals surface area contributed by atoms with E-state index in [1.165, 1.54) is 12.4 Å². The number of carbonyl (C=O) groups excluding carboxylic acids is 1. The minimum atomic E-state index is -0.682. The Kier molecular flexibility index (Phi) is 4.55. The molecule has 1 aliphatic carbocycles. The number of carbonyl (C=O) groups is 1. The highest BCUT2D eigenvalue weighted by Crippen LogP contribution is 2.38. The molecule has 0 atom stereocenters. The Bertz CT molecular complexity index is 1130. The van der Waals surface area contributed by atoms with Crippen LogP contribution in [0.15, 0.2) is 29.5 Å². The summed E-state index contributed by atoms with van der Waals surface area (Å²) in [6.07, 6.45) is 7.63. The first-order valence-corrected chi connectivity index (χ1v) is 9.30. The molecule has 10 heteroatoms. The van der Waals surface area contributed by atoms with Gasteiger partial charge >= 0.3 is 0 Å². The second-order valence-electron chi connectivity index (χ2n) is 7.03. The fraction of sp³-hybridized carbons (Fsp3) is 0.333. The molecule has 0 bridgehead atoms. The van der Waals surface area contributed by atoms with Crippen LogP contribution in [-0.2, 0) is 5.66 Å². The number of aromatic nitrogens is 4. The number of nitrogens with one attached hydrogen (secondary N) is 3. The third-order valence-corrected chi connectivity index (χ3v) is 5.72. The predicted octanol–water partition coefficient (Wildman–Crippen LogP) is 3.30. The standard InChI is InChI=1S/C18H17ClN6O2.ClH/c19-11-8-12(23-15-10-4-7-20-14(10)21-9-22-15)17(27)25-13(11)16(26)24-18(25)5-2-1-3-6-18;/h4,7-9H,1-3,5-6H2,(H,24,26)(H2,20,21,22,23);1H. The molecule has 3 N–H and O–H groups in total. The molecule has 146 valence electrons. The number of H-pyrrole nitrogens is 1. The Labute approximate surface area is 171 Å². The minimum Gasteiger partial charge on any atom is -0.346 e. The Morgan fingerprint density at radius 3 is 2.75 bits per heavy atom. The maximum atomic E-state index is 13.3. The summed E-state index contributed by atoms with van der Waals surface area (Å²) in [5.74, 6) is 0.213. The number of hydrogen-bond donors (Lipinski definition) is 3. The predicted molar refractivity (Wildman–Crippen MR) is 109 cm³/mol. The van der Waals surface area contributed by atoms with E-state index >= 15 is 0 Å². The minimum absolute atomic E-state index is 0. The molecular weight excluding hydrogens is 403 g/mol. The zero-order chi connectivity index (χ0) is 18.6. The van der Waals surface area contributed by atoms with Gasteiger partial charge < -0.3 is 15.6 Å². The van der Waals surface area contributed by atoms with E-state index in [9.17, 15) is 9.59 Å². The van der Waals surface area contributed by atoms with Gasteiger partial charge in [-0.3, -0.25) is 14.2 Å². The van der Waals surface area contributed by atoms with Gasteiger partial charge in [0.1, 0.15) is 34.8 Å². The number of halogens is 2. The van der Waals surface area contributed by atoms with E-state index in [1.54, 1.807) is 10.8 Å². The van der Waals surface area contributed by atoms with Gasteiger partial charge in [0, 0.05) is 6.20 Å². The first-order valence-electron chi connectivity index (χ1n) is 8.93. The van der Waals surface area contributed by atoms with Crippen LogP contribution >= 0.6 is 24.0 Å². The van der Waals surface area contributed by atoms with Gasteiger partial charge in [0.05, 0.1) is 10.4 Å². The van der Waals surface area contributed by atoms with Crippen LogP contribution in [0.1, 0.15) is 42.6 Å². The molecule has 3 aromatic rings. The van der Waals surface area contributed by atoms with Crippen LogP contribution in [0.3, 0.4) is 0 Å². The van der Waals surface area contributed by atoms with Crippen molar-refractivity contribution in [1.82, 2.24) is 24.8 Å². The molecule has 0 radical (unpaired) electrons. The van der Waals surface area contributed by atoms with E-state index in [4.69, 9.17) is 11.6 Å². The molecule has 1 fully saturated rings. The molecule has 1 spiro atoms. The van der Waals surface area contributed by atoms with Gasteiger partial charge in [0.15, 0.2) is 0 Å². The summed E-state index contributed by atoms with van der Waals surface area (Å²) in [5.41, 5.74) is 0.227. The Morgan fingerprint density at radius 2 is 1.96 bits per heavy atom. The molecule has 4 heterocycles. The van der Waals surface area contributed by atoms with Crippen LogP contribution in [0, 0.1) is 0 Å². The summed E-state index contributed by atoms with van der Waals surface area (Å²) in [6.45, 7) is 0. The number of aromatic amines is 1. The van der Waals surface area contributed by atoms with Crippen molar-refractivity contribution in [3.63, 3.8) is 0 Å². The lowest BCUT2D eigenvalue weighted by Gasteiger charge is -2.35. The van der Waals surface area contributed by atoms with Gasteiger partial charge in [-0.25, -0.2) is 9.97 Å². The van der Waals surface area contributed by atoms with Crippen molar-refractivity contribution in [2.45, 2.75) is 37.8 Å². The van der Waals surface area contributed by atoms with E-state index in [1.807, 2.05) is 6.07 Å². The normalized spacial score (nSPS) is 17.2. The van der Waals surface area contributed by atoms with Crippen molar-refractivity contribution in [1.29, 1.82) is 0 Å². The maximum absolute atomic E-state index is 13.3. The van der Waals surface area contributed by atoms with Gasteiger partial charge in [-0.15, -0.1) is 12.4 Å². The van der Waals surface area contributed by atoms with Crippen LogP contribution in [0.2, 0.25) is 5.02 Å². The van der Waals surface area contributed by atoms with E-state index < -0.39 is 5.66 Å². The number of fused-ring (bicyclic) bond motifs is 3. The molecule has 2 aliphatic rings. The molecule has 0 saturated heterocycles. The summed E-state index contributed by atoms with van der Waals surface area (Å²) in [4.78, 5) is 37.2. The fourth-order valence-electron chi connectivity index (χ4n) is 4.20. The van der Waals surface area contributed by atoms with Gasteiger partial charge in [0.2, 0.25) is 0 Å². The van der Waals surface area contributed by atoms with E-state index in [0.29, 0.717) is 11.5 Å². The summed E-state index contributed by atoms with van der Waals surface area (Å²) < 4.78 is 1.55. The average molecular weight is 421 g/mol. The molecule has 3 aromatic heterocycles. The Hall–Kier alpha value is -2.58. The zero-order valence-corrected chi connectivity index (χ0v) is 16.4. The highest BCUT2D eigenvalue weighted by molar-refractivity contribution is 6.34. The molecule has 0 aromatic carbocycles. The second-order valence-corrected chi connectivity index (χ2v) is 7.44. The van der Waals surface area contributed by atoms with Crippen LogP contribution in [0.5, 0.6) is 0 Å². The molecule has 8 nitrogen and oxygen atoms in total. The molecule has 1 aliphatic heterocycles. The maximum Gasteiger partial charge on any atom is 0.276 e. The highest BCUT2D eigenvalue weighted by atomic mass is 35.5. The number of hydrogen-bond acceptors (Lipinski definition) is 5. The lowest BCUT2D eigenvalue weighted by atomic mass is 9.89. The first-order chi connectivity index (χ1) is 13.1. The average Bonchev–Trinajstić information content (AvgIpc) is 3.24. The third-order valence-electron chi connectivity index (χ3n) is 5.43. The van der Waals surface area contributed by atoms with Crippen molar-refractivity contribution in [2.24, 2.45) is 0 Å². The highest BCUT2D eigenvalue weighted by Gasteiger charge is 2.45. The SMILES string of the molecule is Cl.O=C1NC2(CCCCC2)n2c1c(Cl)cc(Nc1ncnc3[nH]ccc13)c2=O. The molecular formula is C18H18Cl2N6O2. The summed E-state index contributed by atoms with van der Waals surface area (Å²) in [7, 11) is 0. The van der Waals surface area contributed by atoms with Crippen LogP contribution in [0.25, 0.3) is 11.0 Å². The Balaban J connectivity index is 0.00000192. The van der Waals surface area contributed by atoms with Crippen molar-refractivity contribution in [2.75, 3.05) is 5.32 Å². The molecule has 5 rings (SSSR count). The smallest absolute Gasteiger partial charge is 0.276 e. The van der Waals surface area contributed by atoms with Gasteiger partial charge in [-0.05, 0) is 37.8 Å². The van der Waals surface area contributed by atoms with Crippen LogP contribution in [-0.4, -0.2) is 25.4 Å². The van der Waals surface area contributed by atoms with Gasteiger partial charge in [0.25, 0.3) is 11.5 Å². The van der Waals surface area contributed by atoms with Crippen molar-refractivity contribution < 1.29 is 4.79 Å². The number of amides is 1. The fourth-order valence-corrected chi connectivity index (χ4v) is 4.48. The number of rotatable bonds is 2. The quantitative estimate of drug-likeness (QED) is 0.589. The lowest BCUT2D eigenvalue weighted by molar-refractivity contribution is 0.0877. The van der Waals surface area contributed by atoms with Crippen molar-refractivity contribution >= 4 is 52.5 Å². The monoisotopic (exact) mass is 420 g/mol. The summed E-state index contributed by atoms with van der Waals surface area (Å²) in [5, 5.41) is 7.11. The molecule has 0 unspecified atom stereocenters. The largest absolute Gasteiger partial charge is 0.346 e. The van der Waals surface area contributed by atoms with Crippen molar-refractivity contribution in [3.8, 4) is 0 Å². The third kappa shape index (κ3) is 2.67. The number of pyridine rings is 1. The molecule has 1 saturated carbocycles. The summed E-state index contributed by atoms with van der Waals surface area (Å²) >= 11 is 6.41. The number of nitrogens with zero attached hydrogens (tertiary/aromatic N) is 3. The second kappa shape index (κ2) is 6.79. The summed E-state index contributed by atoms with van der Waals surface area (Å²) in [6, 6.07) is 3.33. The van der Waals surface area contributed by atoms with Gasteiger partial charge in [-0.1, -0.05) is 18.0 Å². The van der Waals surface area contributed by atoms with E-state index in [0.717, 1.165) is 37.5 Å². The molecule has 1 amide bonds. The zero-order valence-electron chi connectivity index (χ0n) is 14.8. The first kappa shape index (κ1) is 18.8. The Morgan fingerprint density at radius 1 is 1.18 bits per heavy atom. The number of anilines is 2.